The van der Waals surface area contributed by atoms with Gasteiger partial charge in [0.15, 0.2) is 0 Å². The van der Waals surface area contributed by atoms with Crippen molar-refractivity contribution in [3.05, 3.63) is 65.0 Å². The van der Waals surface area contributed by atoms with Gasteiger partial charge in [0.25, 0.3) is 0 Å². The summed E-state index contributed by atoms with van der Waals surface area (Å²) in [5.74, 6) is 1.39. The van der Waals surface area contributed by atoms with Crippen molar-refractivity contribution in [3.63, 3.8) is 0 Å². The molecule has 26 heavy (non-hydrogen) atoms. The van der Waals surface area contributed by atoms with E-state index in [0.717, 1.165) is 39.6 Å². The molecule has 0 amide bonds. The van der Waals surface area contributed by atoms with Gasteiger partial charge in [-0.25, -0.2) is 9.97 Å². The first-order valence-corrected chi connectivity index (χ1v) is 8.68. The molecule has 0 radical (unpaired) electrons. The first-order valence-electron chi connectivity index (χ1n) is 7.93. The largest absolute Gasteiger partial charge is 0.338 e. The average molecular weight is 380 g/mol. The van der Waals surface area contributed by atoms with Crippen LogP contribution < -0.4 is 5.32 Å². The zero-order valence-electron chi connectivity index (χ0n) is 13.3. The Kier molecular flexibility index (Phi) is 3.45. The SMILES string of the molecule is Clc1ccc(Cl)c(-c2nc3c([nH]2)-c2ccncc2Nc2ncccc2-3)c1. The molecule has 1 aliphatic heterocycles. The van der Waals surface area contributed by atoms with Gasteiger partial charge in [-0.3, -0.25) is 4.98 Å². The fourth-order valence-electron chi connectivity index (χ4n) is 3.11. The minimum atomic E-state index is 0.581. The van der Waals surface area contributed by atoms with Crippen molar-refractivity contribution in [3.8, 4) is 33.9 Å². The van der Waals surface area contributed by atoms with Crippen molar-refractivity contribution in [1.29, 1.82) is 0 Å². The van der Waals surface area contributed by atoms with Gasteiger partial charge in [-0.05, 0) is 36.4 Å². The first kappa shape index (κ1) is 15.4. The number of hydrogen-bond acceptors (Lipinski definition) is 4. The lowest BCUT2D eigenvalue weighted by Crippen LogP contribution is -1.95. The van der Waals surface area contributed by atoms with Crippen molar-refractivity contribution in [2.45, 2.75) is 0 Å². The number of hydrogen-bond donors (Lipinski definition) is 2. The second-order valence-corrected chi connectivity index (χ2v) is 6.72. The van der Waals surface area contributed by atoms with E-state index in [0.29, 0.717) is 15.9 Å². The Morgan fingerprint density at radius 3 is 2.77 bits per heavy atom. The summed E-state index contributed by atoms with van der Waals surface area (Å²) in [6.45, 7) is 0. The Morgan fingerprint density at radius 2 is 1.85 bits per heavy atom. The molecule has 5 nitrogen and oxygen atoms in total. The maximum absolute atomic E-state index is 6.37. The zero-order valence-corrected chi connectivity index (χ0v) is 14.8. The van der Waals surface area contributed by atoms with E-state index in [-0.39, 0.29) is 0 Å². The van der Waals surface area contributed by atoms with Gasteiger partial charge in [0.2, 0.25) is 0 Å². The Balaban J connectivity index is 1.82. The summed E-state index contributed by atoms with van der Waals surface area (Å²) >= 11 is 12.5. The summed E-state index contributed by atoms with van der Waals surface area (Å²) in [5.41, 5.74) is 5.16. The van der Waals surface area contributed by atoms with Crippen molar-refractivity contribution in [2.24, 2.45) is 0 Å². The van der Waals surface area contributed by atoms with Crippen LogP contribution >= 0.6 is 23.2 Å². The van der Waals surface area contributed by atoms with Gasteiger partial charge in [-0.15, -0.1) is 0 Å². The number of halogens is 2. The molecule has 126 valence electrons. The van der Waals surface area contributed by atoms with Crippen molar-refractivity contribution in [1.82, 2.24) is 19.9 Å². The van der Waals surface area contributed by atoms with Gasteiger partial charge in [0, 0.05) is 34.1 Å². The van der Waals surface area contributed by atoms with Crippen LogP contribution in [-0.4, -0.2) is 19.9 Å². The zero-order chi connectivity index (χ0) is 17.7. The van der Waals surface area contributed by atoms with Gasteiger partial charge in [0.1, 0.15) is 17.3 Å². The van der Waals surface area contributed by atoms with Crippen LogP contribution in [0.3, 0.4) is 0 Å². The lowest BCUT2D eigenvalue weighted by Gasteiger charge is -2.08. The maximum Gasteiger partial charge on any atom is 0.140 e. The highest BCUT2D eigenvalue weighted by molar-refractivity contribution is 6.35. The molecule has 1 aromatic carbocycles. The topological polar surface area (TPSA) is 66.5 Å². The third kappa shape index (κ3) is 2.36. The molecule has 5 rings (SSSR count). The fraction of sp³-hybridized carbons (Fsp3) is 0. The number of H-pyrrole nitrogens is 1. The van der Waals surface area contributed by atoms with Gasteiger partial charge in [-0.2, -0.15) is 0 Å². The molecule has 0 saturated carbocycles. The lowest BCUT2D eigenvalue weighted by molar-refractivity contribution is 1.26. The van der Waals surface area contributed by atoms with E-state index in [9.17, 15) is 0 Å². The van der Waals surface area contributed by atoms with Gasteiger partial charge >= 0.3 is 0 Å². The summed E-state index contributed by atoms with van der Waals surface area (Å²) in [6, 6.07) is 11.1. The molecule has 1 aliphatic rings. The van der Waals surface area contributed by atoms with E-state index in [2.05, 4.69) is 20.3 Å². The van der Waals surface area contributed by atoms with Crippen molar-refractivity contribution >= 4 is 34.7 Å². The second kappa shape index (κ2) is 5.83. The van der Waals surface area contributed by atoms with Crippen LogP contribution in [0.4, 0.5) is 11.5 Å². The molecule has 0 aliphatic carbocycles. The lowest BCUT2D eigenvalue weighted by atomic mass is 10.1. The van der Waals surface area contributed by atoms with Crippen LogP contribution in [0.1, 0.15) is 0 Å². The number of fused-ring (bicyclic) bond motifs is 5. The second-order valence-electron chi connectivity index (χ2n) is 5.88. The number of pyridine rings is 2. The summed E-state index contributed by atoms with van der Waals surface area (Å²) in [7, 11) is 0. The number of imidazole rings is 1. The predicted octanol–water partition coefficient (Wildman–Crippen LogP) is 5.56. The number of nitrogens with zero attached hydrogens (tertiary/aromatic N) is 3. The van der Waals surface area contributed by atoms with Crippen LogP contribution in [0.25, 0.3) is 33.9 Å². The van der Waals surface area contributed by atoms with Gasteiger partial charge in [0.05, 0.1) is 22.6 Å². The molecule has 3 aromatic heterocycles. The Labute approximate surface area is 159 Å². The third-order valence-electron chi connectivity index (χ3n) is 4.29. The van der Waals surface area contributed by atoms with E-state index in [1.54, 1.807) is 36.8 Å². The fourth-order valence-corrected chi connectivity index (χ4v) is 3.48. The predicted molar refractivity (Wildman–Crippen MR) is 104 cm³/mol. The Morgan fingerprint density at radius 1 is 0.923 bits per heavy atom. The third-order valence-corrected chi connectivity index (χ3v) is 4.86. The molecule has 0 spiro atoms. The minimum Gasteiger partial charge on any atom is -0.338 e. The number of aromatic nitrogens is 4. The van der Waals surface area contributed by atoms with E-state index >= 15 is 0 Å². The van der Waals surface area contributed by atoms with Crippen LogP contribution in [0.5, 0.6) is 0 Å². The summed E-state index contributed by atoms with van der Waals surface area (Å²) in [6.07, 6.45) is 5.27. The van der Waals surface area contributed by atoms with Crippen LogP contribution in [-0.2, 0) is 0 Å². The number of rotatable bonds is 1. The number of benzene rings is 1. The minimum absolute atomic E-state index is 0.581. The smallest absolute Gasteiger partial charge is 0.140 e. The molecule has 0 fully saturated rings. The summed E-state index contributed by atoms with van der Waals surface area (Å²) < 4.78 is 0. The quantitative estimate of drug-likeness (QED) is 0.399. The normalized spacial score (nSPS) is 11.8. The summed E-state index contributed by atoms with van der Waals surface area (Å²) in [5, 5.41) is 4.52. The highest BCUT2D eigenvalue weighted by Crippen LogP contribution is 2.43. The monoisotopic (exact) mass is 379 g/mol. The standard InChI is InChI=1S/C19H11Cl2N5/c20-10-3-4-14(21)13(8-10)19-25-16-11-5-7-22-9-15(11)24-18-12(17(16)26-19)2-1-6-23-18/h1-9H,(H,23,24)(H,25,26). The van der Waals surface area contributed by atoms with E-state index < -0.39 is 0 Å². The molecular weight excluding hydrogens is 369 g/mol. The molecule has 0 unspecified atom stereocenters. The van der Waals surface area contributed by atoms with Crippen LogP contribution in [0.15, 0.2) is 55.0 Å². The molecule has 4 aromatic rings. The van der Waals surface area contributed by atoms with Crippen LogP contribution in [0.2, 0.25) is 10.0 Å². The highest BCUT2D eigenvalue weighted by atomic mass is 35.5. The van der Waals surface area contributed by atoms with E-state index in [1.807, 2.05) is 18.2 Å². The Bertz CT molecular complexity index is 1090. The molecule has 4 heterocycles. The highest BCUT2D eigenvalue weighted by Gasteiger charge is 2.24. The molecule has 7 heteroatoms. The number of anilines is 2. The molecule has 0 atom stereocenters. The Hall–Kier alpha value is -2.89. The van der Waals surface area contributed by atoms with Crippen LogP contribution in [0, 0.1) is 0 Å². The number of nitrogens with one attached hydrogen (secondary N) is 2. The van der Waals surface area contributed by atoms with Gasteiger partial charge in [-0.1, -0.05) is 23.2 Å². The summed E-state index contributed by atoms with van der Waals surface area (Å²) in [4.78, 5) is 16.9. The van der Waals surface area contributed by atoms with Crippen molar-refractivity contribution < 1.29 is 0 Å². The molecule has 0 saturated heterocycles. The molecular formula is C19H11Cl2N5. The average Bonchev–Trinajstić information content (AvgIpc) is 3.04. The van der Waals surface area contributed by atoms with E-state index in [4.69, 9.17) is 28.2 Å². The van der Waals surface area contributed by atoms with Gasteiger partial charge < -0.3 is 10.3 Å². The molecule has 0 bridgehead atoms. The number of aromatic amines is 1. The van der Waals surface area contributed by atoms with E-state index in [1.165, 1.54) is 0 Å². The molecule has 2 N–H and O–H groups in total. The first-order chi connectivity index (χ1) is 12.7. The van der Waals surface area contributed by atoms with Crippen molar-refractivity contribution in [2.75, 3.05) is 5.32 Å². The maximum atomic E-state index is 6.37.